The van der Waals surface area contributed by atoms with Crippen LogP contribution in [-0.4, -0.2) is 37.7 Å². The second kappa shape index (κ2) is 10.2. The molecule has 1 aliphatic rings. The third-order valence-electron chi connectivity index (χ3n) is 4.24. The highest BCUT2D eigenvalue weighted by Crippen LogP contribution is 2.16. The Morgan fingerprint density at radius 2 is 1.96 bits per heavy atom. The molecule has 2 N–H and O–H groups in total. The van der Waals surface area contributed by atoms with Crippen LogP contribution < -0.4 is 15.4 Å². The van der Waals surface area contributed by atoms with Crippen LogP contribution in [0.2, 0.25) is 0 Å². The summed E-state index contributed by atoms with van der Waals surface area (Å²) in [4.78, 5) is 17.2. The van der Waals surface area contributed by atoms with Crippen molar-refractivity contribution in [2.24, 2.45) is 4.99 Å². The fraction of sp³-hybridized carbons (Fsp3) is 0.333. The average molecular weight is 446 g/mol. The molecule has 0 bridgehead atoms. The molecule has 1 aliphatic heterocycles. The van der Waals surface area contributed by atoms with Crippen LogP contribution in [0.1, 0.15) is 30.1 Å². The Morgan fingerprint density at radius 3 is 2.61 bits per heavy atom. The smallest absolute Gasteiger partial charge is 0.257 e. The highest BCUT2D eigenvalue weighted by atomic mass is 79.9. The third-order valence-corrected chi connectivity index (χ3v) is 4.77. The van der Waals surface area contributed by atoms with E-state index in [0.29, 0.717) is 24.7 Å². The normalized spacial score (nSPS) is 16.6. The molecule has 6 nitrogen and oxygen atoms in total. The number of carbonyl (C=O) groups excluding carboxylic acids is 1. The molecular weight excluding hydrogens is 422 g/mol. The van der Waals surface area contributed by atoms with Gasteiger partial charge in [-0.15, -0.1) is 0 Å². The monoisotopic (exact) mass is 445 g/mol. The number of aliphatic imine (C=N–C) groups is 1. The van der Waals surface area contributed by atoms with E-state index in [9.17, 15) is 4.79 Å². The van der Waals surface area contributed by atoms with E-state index in [4.69, 9.17) is 9.47 Å². The fourth-order valence-corrected chi connectivity index (χ4v) is 3.07. The molecule has 0 radical (unpaired) electrons. The Labute approximate surface area is 173 Å². The van der Waals surface area contributed by atoms with Gasteiger partial charge in [-0.2, -0.15) is 0 Å². The summed E-state index contributed by atoms with van der Waals surface area (Å²) in [5.41, 5.74) is 1.37. The zero-order chi connectivity index (χ0) is 19.8. The maximum atomic E-state index is 12.7. The predicted molar refractivity (Wildman–Crippen MR) is 114 cm³/mol. The van der Waals surface area contributed by atoms with Crippen molar-refractivity contribution in [3.63, 3.8) is 0 Å². The van der Waals surface area contributed by atoms with E-state index in [1.807, 2.05) is 31.2 Å². The molecule has 2 aromatic carbocycles. The van der Waals surface area contributed by atoms with Crippen molar-refractivity contribution in [1.29, 1.82) is 0 Å². The lowest BCUT2D eigenvalue weighted by Crippen LogP contribution is -2.36. The minimum atomic E-state index is -0.237. The Balaban J connectivity index is 1.70. The van der Waals surface area contributed by atoms with Crippen molar-refractivity contribution in [3.8, 4) is 5.75 Å². The lowest BCUT2D eigenvalue weighted by atomic mass is 10.2. The van der Waals surface area contributed by atoms with Crippen molar-refractivity contribution in [2.45, 2.75) is 25.9 Å². The summed E-state index contributed by atoms with van der Waals surface area (Å²) in [5.74, 6) is 0.898. The lowest BCUT2D eigenvalue weighted by Gasteiger charge is -2.13. The van der Waals surface area contributed by atoms with E-state index in [2.05, 4.69) is 31.6 Å². The summed E-state index contributed by atoms with van der Waals surface area (Å²) in [6, 6.07) is 14.7. The Hall–Kier alpha value is -2.38. The van der Waals surface area contributed by atoms with Crippen molar-refractivity contribution in [3.05, 3.63) is 58.6 Å². The average Bonchev–Trinajstić information content (AvgIpc) is 3.22. The predicted octanol–water partition coefficient (Wildman–Crippen LogP) is 4.22. The molecule has 0 spiro atoms. The first-order chi connectivity index (χ1) is 13.6. The standard InChI is InChI=1S/C21H24BrN3O3/c1-2-27-18-11-5-15(6-12-18)20(26)25-21(23-14-19-4-3-13-28-19)24-17-9-7-16(22)8-10-17/h5-12,19H,2-4,13-14H2,1H3,(H2,23,24,25,26)/t19-/m0/s1. The van der Waals surface area contributed by atoms with Crippen LogP contribution >= 0.6 is 15.9 Å². The minimum absolute atomic E-state index is 0.101. The molecule has 1 fully saturated rings. The van der Waals surface area contributed by atoms with E-state index in [1.54, 1.807) is 24.3 Å². The van der Waals surface area contributed by atoms with Crippen LogP contribution in [0.3, 0.4) is 0 Å². The highest BCUT2D eigenvalue weighted by molar-refractivity contribution is 9.10. The Morgan fingerprint density at radius 1 is 1.21 bits per heavy atom. The van der Waals surface area contributed by atoms with E-state index >= 15 is 0 Å². The van der Waals surface area contributed by atoms with Crippen LogP contribution in [0.4, 0.5) is 5.69 Å². The van der Waals surface area contributed by atoms with Crippen LogP contribution in [0.5, 0.6) is 5.75 Å². The summed E-state index contributed by atoms with van der Waals surface area (Å²) >= 11 is 3.42. The van der Waals surface area contributed by atoms with Crippen molar-refractivity contribution in [2.75, 3.05) is 25.1 Å². The number of ether oxygens (including phenoxy) is 2. The number of halogens is 1. The number of amides is 1. The van der Waals surface area contributed by atoms with Crippen molar-refractivity contribution < 1.29 is 14.3 Å². The van der Waals surface area contributed by atoms with Gasteiger partial charge in [-0.25, -0.2) is 4.99 Å². The van der Waals surface area contributed by atoms with Crippen LogP contribution in [0, 0.1) is 0 Å². The first-order valence-electron chi connectivity index (χ1n) is 9.37. The van der Waals surface area contributed by atoms with Crippen molar-refractivity contribution in [1.82, 2.24) is 5.32 Å². The molecule has 1 saturated heterocycles. The number of hydrogen-bond acceptors (Lipinski definition) is 4. The first kappa shape index (κ1) is 20.4. The molecular formula is C21H24BrN3O3. The van der Waals surface area contributed by atoms with Gasteiger partial charge in [0, 0.05) is 22.3 Å². The number of nitrogens with zero attached hydrogens (tertiary/aromatic N) is 1. The van der Waals surface area contributed by atoms with E-state index < -0.39 is 0 Å². The van der Waals surface area contributed by atoms with E-state index in [0.717, 1.165) is 35.4 Å². The van der Waals surface area contributed by atoms with Crippen LogP contribution in [-0.2, 0) is 4.74 Å². The van der Waals surface area contributed by atoms with Gasteiger partial charge in [-0.05, 0) is 68.3 Å². The number of hydrogen-bond donors (Lipinski definition) is 2. The fourth-order valence-electron chi connectivity index (χ4n) is 2.81. The van der Waals surface area contributed by atoms with Gasteiger partial charge in [0.25, 0.3) is 5.91 Å². The van der Waals surface area contributed by atoms with Gasteiger partial charge in [0.05, 0.1) is 19.3 Å². The van der Waals surface area contributed by atoms with Gasteiger partial charge < -0.3 is 14.8 Å². The zero-order valence-corrected chi connectivity index (χ0v) is 17.4. The number of benzene rings is 2. The van der Waals surface area contributed by atoms with Gasteiger partial charge in [-0.3, -0.25) is 10.1 Å². The summed E-state index contributed by atoms with van der Waals surface area (Å²) in [7, 11) is 0. The van der Waals surface area contributed by atoms with Gasteiger partial charge in [0.1, 0.15) is 5.75 Å². The third kappa shape index (κ3) is 6.07. The molecule has 1 heterocycles. The lowest BCUT2D eigenvalue weighted by molar-refractivity contribution is 0.0975. The number of carbonyl (C=O) groups is 1. The first-order valence-corrected chi connectivity index (χ1v) is 10.2. The molecule has 1 atom stereocenters. The van der Waals surface area contributed by atoms with E-state index in [1.165, 1.54) is 0 Å². The zero-order valence-electron chi connectivity index (χ0n) is 15.8. The molecule has 2 aromatic rings. The minimum Gasteiger partial charge on any atom is -0.494 e. The number of anilines is 1. The topological polar surface area (TPSA) is 72.0 Å². The maximum absolute atomic E-state index is 12.7. The summed E-state index contributed by atoms with van der Waals surface area (Å²) in [6.07, 6.45) is 2.14. The number of rotatable bonds is 6. The summed E-state index contributed by atoms with van der Waals surface area (Å²) < 4.78 is 12.0. The Kier molecular flexibility index (Phi) is 7.45. The van der Waals surface area contributed by atoms with Crippen molar-refractivity contribution >= 4 is 33.5 Å². The van der Waals surface area contributed by atoms with E-state index in [-0.39, 0.29) is 12.0 Å². The second-order valence-electron chi connectivity index (χ2n) is 6.37. The largest absolute Gasteiger partial charge is 0.494 e. The highest BCUT2D eigenvalue weighted by Gasteiger charge is 2.16. The Bertz CT molecular complexity index is 801. The van der Waals surface area contributed by atoms with Gasteiger partial charge in [0.15, 0.2) is 0 Å². The SMILES string of the molecule is CCOc1ccc(C(=O)NC(=NC[C@@H]2CCCO2)Nc2ccc(Br)cc2)cc1. The summed E-state index contributed by atoms with van der Waals surface area (Å²) in [5, 5.41) is 6.04. The number of nitrogens with one attached hydrogen (secondary N) is 2. The maximum Gasteiger partial charge on any atom is 0.257 e. The van der Waals surface area contributed by atoms with Gasteiger partial charge in [0.2, 0.25) is 5.96 Å². The molecule has 7 heteroatoms. The second-order valence-corrected chi connectivity index (χ2v) is 7.28. The molecule has 28 heavy (non-hydrogen) atoms. The summed E-state index contributed by atoms with van der Waals surface area (Å²) in [6.45, 7) is 3.78. The number of guanidine groups is 1. The van der Waals surface area contributed by atoms with Gasteiger partial charge in [-0.1, -0.05) is 15.9 Å². The van der Waals surface area contributed by atoms with Gasteiger partial charge >= 0.3 is 0 Å². The molecule has 0 aromatic heterocycles. The molecule has 148 valence electrons. The quantitative estimate of drug-likeness (QED) is 0.515. The molecule has 1 amide bonds. The van der Waals surface area contributed by atoms with Crippen LogP contribution in [0.15, 0.2) is 58.0 Å². The van der Waals surface area contributed by atoms with Crippen LogP contribution in [0.25, 0.3) is 0 Å². The molecule has 3 rings (SSSR count). The molecule has 0 unspecified atom stereocenters. The molecule has 0 aliphatic carbocycles. The molecule has 0 saturated carbocycles.